The van der Waals surface area contributed by atoms with Crippen LogP contribution in [-0.4, -0.2) is 54.4 Å². The maximum absolute atomic E-state index is 15.9. The molecule has 1 aromatic heterocycles. The number of halogens is 2. The first-order valence-corrected chi connectivity index (χ1v) is 10.2. The van der Waals surface area contributed by atoms with Gasteiger partial charge in [-0.25, -0.2) is 14.4 Å². The Morgan fingerprint density at radius 2 is 1.81 bits per heavy atom. The van der Waals surface area contributed by atoms with Crippen molar-refractivity contribution in [2.75, 3.05) is 49.2 Å². The molecule has 0 bridgehead atoms. The fraction of sp³-hybridized carbons (Fsp3) is 0.227. The molecular weight excluding hydrogens is 419 g/mol. The first-order chi connectivity index (χ1) is 15.0. The van der Waals surface area contributed by atoms with E-state index < -0.39 is 5.82 Å². The van der Waals surface area contributed by atoms with E-state index in [0.717, 1.165) is 32.5 Å². The normalized spacial score (nSPS) is 14.5. The Morgan fingerprint density at radius 3 is 2.48 bits per heavy atom. The van der Waals surface area contributed by atoms with Crippen LogP contribution in [0.5, 0.6) is 0 Å². The first-order valence-electron chi connectivity index (χ1n) is 9.82. The first kappa shape index (κ1) is 21.0. The van der Waals surface area contributed by atoms with Crippen molar-refractivity contribution >= 4 is 40.8 Å². The Balaban J connectivity index is 1.80. The summed E-state index contributed by atoms with van der Waals surface area (Å²) in [4.78, 5) is 23.3. The average molecular weight is 441 g/mol. The molecule has 2 aromatic carbocycles. The van der Waals surface area contributed by atoms with E-state index >= 15 is 4.39 Å². The Bertz CT molecular complexity index is 1100. The number of piperazine rings is 1. The van der Waals surface area contributed by atoms with Crippen molar-refractivity contribution in [3.63, 3.8) is 0 Å². The van der Waals surface area contributed by atoms with Gasteiger partial charge in [-0.05, 0) is 24.7 Å². The Morgan fingerprint density at radius 1 is 1.10 bits per heavy atom. The molecule has 1 saturated heterocycles. The van der Waals surface area contributed by atoms with Crippen LogP contribution in [0.4, 0.5) is 27.3 Å². The van der Waals surface area contributed by atoms with Crippen LogP contribution in [-0.2, 0) is 0 Å². The van der Waals surface area contributed by atoms with Crippen molar-refractivity contribution in [1.82, 2.24) is 14.9 Å². The molecular formula is C22H22ClFN6O. The summed E-state index contributed by atoms with van der Waals surface area (Å²) >= 11 is 6.03. The Hall–Kier alpha value is -3.23. The van der Waals surface area contributed by atoms with Gasteiger partial charge >= 0.3 is 0 Å². The van der Waals surface area contributed by atoms with Crippen LogP contribution in [0.1, 0.15) is 10.4 Å². The zero-order valence-corrected chi connectivity index (χ0v) is 17.7. The van der Waals surface area contributed by atoms with Crippen molar-refractivity contribution in [1.29, 1.82) is 0 Å². The van der Waals surface area contributed by atoms with Crippen molar-refractivity contribution in [2.24, 2.45) is 0 Å². The minimum Gasteiger partial charge on any atom is -0.393 e. The summed E-state index contributed by atoms with van der Waals surface area (Å²) in [5.41, 5.74) is 8.73. The van der Waals surface area contributed by atoms with Crippen LogP contribution in [0.15, 0.2) is 42.7 Å². The third-order valence-electron chi connectivity index (χ3n) is 5.40. The number of nitrogens with one attached hydrogen (secondary N) is 1. The SMILES string of the molecule is CN1CCN(c2ccc(-c3ccc(C=O)cc3)c(F)c2Nc2ncnc(Cl)c2N)CC1. The molecule has 4 rings (SSSR count). The largest absolute Gasteiger partial charge is 0.393 e. The van der Waals surface area contributed by atoms with Gasteiger partial charge in [0.05, 0.1) is 5.69 Å². The lowest BCUT2D eigenvalue weighted by molar-refractivity contribution is 0.112. The maximum atomic E-state index is 15.9. The second-order valence-corrected chi connectivity index (χ2v) is 7.76. The van der Waals surface area contributed by atoms with Crippen molar-refractivity contribution < 1.29 is 9.18 Å². The number of carbonyl (C=O) groups is 1. The summed E-state index contributed by atoms with van der Waals surface area (Å²) in [5, 5.41) is 3.14. The van der Waals surface area contributed by atoms with Crippen LogP contribution < -0.4 is 16.0 Å². The second-order valence-electron chi connectivity index (χ2n) is 7.40. The highest BCUT2D eigenvalue weighted by molar-refractivity contribution is 6.32. The van der Waals surface area contributed by atoms with Gasteiger partial charge in [0.1, 0.15) is 24.0 Å². The van der Waals surface area contributed by atoms with Gasteiger partial charge in [-0.1, -0.05) is 35.9 Å². The molecule has 0 unspecified atom stereocenters. The molecule has 0 atom stereocenters. The number of aromatic nitrogens is 2. The summed E-state index contributed by atoms with van der Waals surface area (Å²) in [5.74, 6) is -0.202. The monoisotopic (exact) mass is 440 g/mol. The number of nitrogen functional groups attached to an aromatic ring is 1. The topological polar surface area (TPSA) is 87.4 Å². The number of hydrogen-bond donors (Lipinski definition) is 2. The number of rotatable bonds is 5. The highest BCUT2D eigenvalue weighted by Gasteiger charge is 2.23. The standard InChI is InChI=1S/C22H22ClFN6O/c1-29-8-10-30(11-9-29)17-7-6-16(15-4-2-14(12-31)3-5-15)18(24)20(17)28-22-19(25)21(23)26-13-27-22/h2-7,12-13H,8-11,25H2,1H3,(H,26,27,28). The van der Waals surface area contributed by atoms with E-state index in [9.17, 15) is 4.79 Å². The number of aldehydes is 1. The molecule has 160 valence electrons. The van der Waals surface area contributed by atoms with E-state index in [4.69, 9.17) is 17.3 Å². The zero-order chi connectivity index (χ0) is 22.0. The van der Waals surface area contributed by atoms with Crippen molar-refractivity contribution in [2.45, 2.75) is 0 Å². The quantitative estimate of drug-likeness (QED) is 0.460. The highest BCUT2D eigenvalue weighted by Crippen LogP contribution is 2.39. The Labute approximate surface area is 184 Å². The van der Waals surface area contributed by atoms with Crippen LogP contribution in [0.25, 0.3) is 11.1 Å². The molecule has 9 heteroatoms. The minimum atomic E-state index is -0.440. The average Bonchev–Trinajstić information content (AvgIpc) is 2.79. The summed E-state index contributed by atoms with van der Waals surface area (Å²) < 4.78 is 15.9. The van der Waals surface area contributed by atoms with E-state index in [-0.39, 0.29) is 22.3 Å². The highest BCUT2D eigenvalue weighted by atomic mass is 35.5. The molecule has 1 aliphatic heterocycles. The number of carbonyl (C=O) groups excluding carboxylic acids is 1. The molecule has 3 aromatic rings. The molecule has 2 heterocycles. The van der Waals surface area contributed by atoms with Crippen LogP contribution in [0, 0.1) is 5.82 Å². The number of anilines is 4. The van der Waals surface area contributed by atoms with Crippen molar-refractivity contribution in [3.8, 4) is 11.1 Å². The van der Waals surface area contributed by atoms with Gasteiger partial charge in [-0.2, -0.15) is 0 Å². The van der Waals surface area contributed by atoms with E-state index in [1.165, 1.54) is 6.33 Å². The number of nitrogens with two attached hydrogens (primary N) is 1. The molecule has 1 fully saturated rings. The number of nitrogens with zero attached hydrogens (tertiary/aromatic N) is 4. The molecule has 31 heavy (non-hydrogen) atoms. The van der Waals surface area contributed by atoms with E-state index in [1.54, 1.807) is 30.3 Å². The summed E-state index contributed by atoms with van der Waals surface area (Å²) in [6, 6.07) is 10.4. The fourth-order valence-corrected chi connectivity index (χ4v) is 3.69. The van der Waals surface area contributed by atoms with E-state index in [1.807, 2.05) is 6.07 Å². The lowest BCUT2D eigenvalue weighted by Gasteiger charge is -2.35. The summed E-state index contributed by atoms with van der Waals surface area (Å²) in [6.45, 7) is 3.27. The molecule has 7 nitrogen and oxygen atoms in total. The van der Waals surface area contributed by atoms with Crippen molar-refractivity contribution in [3.05, 3.63) is 59.3 Å². The molecule has 0 aliphatic carbocycles. The molecule has 0 spiro atoms. The lowest BCUT2D eigenvalue weighted by Crippen LogP contribution is -2.44. The molecule has 0 saturated carbocycles. The summed E-state index contributed by atoms with van der Waals surface area (Å²) in [6.07, 6.45) is 2.03. The van der Waals surface area contributed by atoms with Gasteiger partial charge in [0.2, 0.25) is 0 Å². The molecule has 1 aliphatic rings. The molecule has 3 N–H and O–H groups in total. The third-order valence-corrected chi connectivity index (χ3v) is 5.70. The smallest absolute Gasteiger partial charge is 0.158 e. The second kappa shape index (κ2) is 8.87. The van der Waals surface area contributed by atoms with E-state index in [2.05, 4.69) is 32.1 Å². The van der Waals surface area contributed by atoms with Crippen LogP contribution in [0.3, 0.4) is 0 Å². The predicted octanol–water partition coefficient (Wildman–Crippen LogP) is 3.83. The van der Waals surface area contributed by atoms with Gasteiger partial charge in [-0.15, -0.1) is 0 Å². The zero-order valence-electron chi connectivity index (χ0n) is 17.0. The fourth-order valence-electron chi connectivity index (χ4n) is 3.55. The lowest BCUT2D eigenvalue weighted by atomic mass is 10.0. The van der Waals surface area contributed by atoms with Gasteiger partial charge in [-0.3, -0.25) is 4.79 Å². The molecule has 0 radical (unpaired) electrons. The maximum Gasteiger partial charge on any atom is 0.158 e. The summed E-state index contributed by atoms with van der Waals surface area (Å²) in [7, 11) is 2.06. The van der Waals surface area contributed by atoms with Gasteiger partial charge in [0, 0.05) is 37.3 Å². The van der Waals surface area contributed by atoms with E-state index in [0.29, 0.717) is 22.4 Å². The predicted molar refractivity (Wildman–Crippen MR) is 122 cm³/mol. The van der Waals surface area contributed by atoms with Crippen LogP contribution >= 0.6 is 11.6 Å². The van der Waals surface area contributed by atoms with Gasteiger partial charge in [0.25, 0.3) is 0 Å². The minimum absolute atomic E-state index is 0.0969. The Kier molecular flexibility index (Phi) is 6.01. The number of likely N-dealkylation sites (N-methyl/N-ethyl adjacent to an activating group) is 1. The van der Waals surface area contributed by atoms with Crippen LogP contribution in [0.2, 0.25) is 5.15 Å². The number of benzene rings is 2. The number of hydrogen-bond acceptors (Lipinski definition) is 7. The van der Waals surface area contributed by atoms with Gasteiger partial charge < -0.3 is 20.9 Å². The van der Waals surface area contributed by atoms with Gasteiger partial charge in [0.15, 0.2) is 16.8 Å². The molecule has 0 amide bonds. The third kappa shape index (κ3) is 4.30.